The fraction of sp³-hybridized carbons (Fsp3) is 0.0909. The van der Waals surface area contributed by atoms with Crippen molar-refractivity contribution >= 4 is 11.6 Å². The Balaban J connectivity index is 2.44. The van der Waals surface area contributed by atoms with Gasteiger partial charge in [-0.15, -0.1) is 0 Å². The molecule has 3 nitrogen and oxygen atoms in total. The maximum Gasteiger partial charge on any atom is 0.142 e. The van der Waals surface area contributed by atoms with Gasteiger partial charge in [0.05, 0.1) is 12.2 Å². The third-order valence-corrected chi connectivity index (χ3v) is 2.24. The van der Waals surface area contributed by atoms with Gasteiger partial charge in [-0.3, -0.25) is 0 Å². The van der Waals surface area contributed by atoms with Gasteiger partial charge in [0.25, 0.3) is 0 Å². The molecule has 0 bridgehead atoms. The van der Waals surface area contributed by atoms with Crippen LogP contribution in [0.5, 0.6) is 0 Å². The Labute approximate surface area is 92.9 Å². The molecule has 0 amide bonds. The summed E-state index contributed by atoms with van der Waals surface area (Å²) in [6, 6.07) is 9.38. The van der Waals surface area contributed by atoms with E-state index < -0.39 is 0 Å². The Morgan fingerprint density at radius 3 is 2.87 bits per heavy atom. The predicted octanol–water partition coefficient (Wildman–Crippen LogP) is 2.26. The van der Waals surface area contributed by atoms with Gasteiger partial charge in [0.15, 0.2) is 0 Å². The van der Waals surface area contributed by atoms with Crippen molar-refractivity contribution in [3.05, 3.63) is 47.4 Å². The summed E-state index contributed by atoms with van der Waals surface area (Å²) in [5.74, 6) is 0.632. The summed E-state index contributed by atoms with van der Waals surface area (Å²) in [5.41, 5.74) is 7.29. The molecule has 1 aromatic heterocycles. The number of benzene rings is 1. The highest BCUT2D eigenvalue weighted by Crippen LogP contribution is 2.20. The Bertz CT molecular complexity index is 471. The van der Waals surface area contributed by atoms with Crippen LogP contribution in [0.3, 0.4) is 0 Å². The molecule has 2 rings (SSSR count). The summed E-state index contributed by atoms with van der Waals surface area (Å²) in [6.45, 7) is 0.342. The lowest BCUT2D eigenvalue weighted by Gasteiger charge is -2.02. The Kier molecular flexibility index (Phi) is 2.94. The molecule has 1 heterocycles. The Morgan fingerprint density at radius 1 is 1.27 bits per heavy atom. The van der Waals surface area contributed by atoms with Gasteiger partial charge in [-0.25, -0.2) is 9.97 Å². The van der Waals surface area contributed by atoms with Gasteiger partial charge in [-0.05, 0) is 18.2 Å². The normalized spacial score (nSPS) is 10.3. The molecule has 0 radical (unpaired) electrons. The molecule has 2 aromatic rings. The van der Waals surface area contributed by atoms with E-state index in [0.717, 1.165) is 11.3 Å². The second kappa shape index (κ2) is 4.38. The summed E-state index contributed by atoms with van der Waals surface area (Å²) >= 11 is 5.90. The van der Waals surface area contributed by atoms with E-state index in [4.69, 9.17) is 17.3 Å². The zero-order valence-corrected chi connectivity index (χ0v) is 8.78. The summed E-state index contributed by atoms with van der Waals surface area (Å²) < 4.78 is 0. The van der Waals surface area contributed by atoms with Crippen molar-refractivity contribution in [1.82, 2.24) is 9.97 Å². The Hall–Kier alpha value is -1.45. The zero-order chi connectivity index (χ0) is 10.7. The molecule has 0 aliphatic carbocycles. The van der Waals surface area contributed by atoms with Gasteiger partial charge >= 0.3 is 0 Å². The van der Waals surface area contributed by atoms with E-state index in [1.54, 1.807) is 6.20 Å². The number of rotatable bonds is 2. The van der Waals surface area contributed by atoms with Crippen LogP contribution in [0.4, 0.5) is 0 Å². The smallest absolute Gasteiger partial charge is 0.142 e. The number of hydrogen-bond acceptors (Lipinski definition) is 3. The zero-order valence-electron chi connectivity index (χ0n) is 8.02. The maximum atomic E-state index is 5.90. The van der Waals surface area contributed by atoms with E-state index in [1.807, 2.05) is 30.3 Å². The van der Waals surface area contributed by atoms with Crippen molar-refractivity contribution in [2.75, 3.05) is 0 Å². The molecule has 2 N–H and O–H groups in total. The van der Waals surface area contributed by atoms with Crippen LogP contribution in [0.25, 0.3) is 11.3 Å². The monoisotopic (exact) mass is 219 g/mol. The van der Waals surface area contributed by atoms with Crippen LogP contribution < -0.4 is 5.73 Å². The first-order chi connectivity index (χ1) is 7.29. The maximum absolute atomic E-state index is 5.90. The van der Waals surface area contributed by atoms with Crippen LogP contribution in [-0.4, -0.2) is 9.97 Å². The van der Waals surface area contributed by atoms with E-state index in [1.165, 1.54) is 0 Å². The van der Waals surface area contributed by atoms with Gasteiger partial charge in [0.2, 0.25) is 0 Å². The summed E-state index contributed by atoms with van der Waals surface area (Å²) in [4.78, 5) is 8.34. The highest BCUT2D eigenvalue weighted by Gasteiger charge is 2.01. The first kappa shape index (κ1) is 10.1. The fourth-order valence-corrected chi connectivity index (χ4v) is 1.50. The molecule has 4 heteroatoms. The summed E-state index contributed by atoms with van der Waals surface area (Å²) in [7, 11) is 0. The topological polar surface area (TPSA) is 51.8 Å². The minimum Gasteiger partial charge on any atom is -0.324 e. The molecule has 0 aliphatic heterocycles. The van der Waals surface area contributed by atoms with Crippen molar-refractivity contribution in [1.29, 1.82) is 0 Å². The number of nitrogens with zero attached hydrogens (tertiary/aromatic N) is 2. The summed E-state index contributed by atoms with van der Waals surface area (Å²) in [5, 5.41) is 0.695. The minimum atomic E-state index is 0.342. The second-order valence-corrected chi connectivity index (χ2v) is 3.51. The fourth-order valence-electron chi connectivity index (χ4n) is 1.31. The van der Waals surface area contributed by atoms with Crippen molar-refractivity contribution in [3.63, 3.8) is 0 Å². The van der Waals surface area contributed by atoms with Crippen molar-refractivity contribution in [2.24, 2.45) is 5.73 Å². The molecule has 0 atom stereocenters. The van der Waals surface area contributed by atoms with Gasteiger partial charge in [0.1, 0.15) is 5.82 Å². The highest BCUT2D eigenvalue weighted by molar-refractivity contribution is 6.30. The molecule has 1 aromatic carbocycles. The minimum absolute atomic E-state index is 0.342. The number of halogens is 1. The standard InChI is InChI=1S/C11H10ClN3/c12-9-3-1-2-8(6-9)10-4-5-14-11(7-13)15-10/h1-6H,7,13H2. The van der Waals surface area contributed by atoms with Crippen LogP contribution >= 0.6 is 11.6 Å². The number of hydrogen-bond donors (Lipinski definition) is 1. The molecule has 0 aliphatic rings. The van der Waals surface area contributed by atoms with Crippen LogP contribution in [-0.2, 0) is 6.54 Å². The van der Waals surface area contributed by atoms with E-state index in [2.05, 4.69) is 9.97 Å². The van der Waals surface area contributed by atoms with Gasteiger partial charge in [-0.2, -0.15) is 0 Å². The molecular formula is C11H10ClN3. The molecule has 0 unspecified atom stereocenters. The Morgan fingerprint density at radius 2 is 2.13 bits per heavy atom. The molecule has 0 saturated heterocycles. The SMILES string of the molecule is NCc1nccc(-c2cccc(Cl)c2)n1. The predicted molar refractivity (Wildman–Crippen MR) is 60.4 cm³/mol. The molecule has 0 saturated carbocycles. The van der Waals surface area contributed by atoms with Crippen molar-refractivity contribution in [3.8, 4) is 11.3 Å². The second-order valence-electron chi connectivity index (χ2n) is 3.07. The van der Waals surface area contributed by atoms with Gasteiger partial charge in [-0.1, -0.05) is 23.7 Å². The van der Waals surface area contributed by atoms with Gasteiger partial charge in [0, 0.05) is 16.8 Å². The van der Waals surface area contributed by atoms with Crippen LogP contribution in [0, 0.1) is 0 Å². The van der Waals surface area contributed by atoms with E-state index in [-0.39, 0.29) is 0 Å². The third kappa shape index (κ3) is 2.32. The average molecular weight is 220 g/mol. The largest absolute Gasteiger partial charge is 0.324 e. The lowest BCUT2D eigenvalue weighted by Crippen LogP contribution is -2.02. The first-order valence-electron chi connectivity index (χ1n) is 4.57. The lowest BCUT2D eigenvalue weighted by atomic mass is 10.1. The van der Waals surface area contributed by atoms with E-state index >= 15 is 0 Å². The quantitative estimate of drug-likeness (QED) is 0.843. The van der Waals surface area contributed by atoms with Crippen LogP contribution in [0.2, 0.25) is 5.02 Å². The third-order valence-electron chi connectivity index (χ3n) is 2.01. The van der Waals surface area contributed by atoms with Crippen LogP contribution in [0.1, 0.15) is 5.82 Å². The molecule has 15 heavy (non-hydrogen) atoms. The molecule has 0 fully saturated rings. The highest BCUT2D eigenvalue weighted by atomic mass is 35.5. The number of aromatic nitrogens is 2. The van der Waals surface area contributed by atoms with E-state index in [9.17, 15) is 0 Å². The molecular weight excluding hydrogens is 210 g/mol. The van der Waals surface area contributed by atoms with Crippen molar-refractivity contribution in [2.45, 2.75) is 6.54 Å². The molecule has 76 valence electrons. The summed E-state index contributed by atoms with van der Waals surface area (Å²) in [6.07, 6.45) is 1.70. The van der Waals surface area contributed by atoms with Gasteiger partial charge < -0.3 is 5.73 Å². The lowest BCUT2D eigenvalue weighted by molar-refractivity contribution is 0.912. The van der Waals surface area contributed by atoms with E-state index in [0.29, 0.717) is 17.4 Å². The van der Waals surface area contributed by atoms with Crippen LogP contribution in [0.15, 0.2) is 36.5 Å². The number of nitrogens with two attached hydrogens (primary N) is 1. The molecule has 0 spiro atoms. The first-order valence-corrected chi connectivity index (χ1v) is 4.95. The van der Waals surface area contributed by atoms with Crippen molar-refractivity contribution < 1.29 is 0 Å². The average Bonchev–Trinajstić information content (AvgIpc) is 2.29.